The molecule has 1 aromatic heterocycles. The zero-order chi connectivity index (χ0) is 17.5. The van der Waals surface area contributed by atoms with Crippen molar-refractivity contribution in [3.05, 3.63) is 59.7 Å². The minimum atomic E-state index is -0.0637. The van der Waals surface area contributed by atoms with Crippen molar-refractivity contribution in [1.82, 2.24) is 14.9 Å². The van der Waals surface area contributed by atoms with E-state index in [0.717, 1.165) is 11.4 Å². The summed E-state index contributed by atoms with van der Waals surface area (Å²) < 4.78 is 6.35. The van der Waals surface area contributed by atoms with Crippen LogP contribution in [0, 0.1) is 5.92 Å². The molecule has 0 radical (unpaired) electrons. The Morgan fingerprint density at radius 1 is 1.00 bits per heavy atom. The van der Waals surface area contributed by atoms with E-state index in [1.54, 1.807) is 12.4 Å². The minimum absolute atomic E-state index is 0.0160. The summed E-state index contributed by atoms with van der Waals surface area (Å²) in [5.74, 6) is 1.98. The van der Waals surface area contributed by atoms with Crippen LogP contribution in [0.4, 0.5) is 0 Å². The number of hydrogen-bond acceptors (Lipinski definition) is 4. The molecule has 1 amide bonds. The van der Waals surface area contributed by atoms with Gasteiger partial charge in [0.25, 0.3) is 5.91 Å². The lowest BCUT2D eigenvalue weighted by atomic mass is 10.0. The van der Waals surface area contributed by atoms with E-state index in [9.17, 15) is 4.79 Å². The molecular formula is C21H23N3O2. The van der Waals surface area contributed by atoms with Gasteiger partial charge in [-0.1, -0.05) is 30.3 Å². The average Bonchev–Trinajstić information content (AvgIpc) is 3.60. The predicted octanol–water partition coefficient (Wildman–Crippen LogP) is 3.35. The van der Waals surface area contributed by atoms with E-state index in [1.165, 1.54) is 25.7 Å². The molecule has 26 heavy (non-hydrogen) atoms. The predicted molar refractivity (Wildman–Crippen MR) is 96.7 cm³/mol. The first-order valence-corrected chi connectivity index (χ1v) is 9.59. The van der Waals surface area contributed by atoms with Crippen LogP contribution in [0.5, 0.6) is 0 Å². The number of morpholine rings is 1. The Morgan fingerprint density at radius 3 is 2.38 bits per heavy atom. The second-order valence-electron chi connectivity index (χ2n) is 7.73. The lowest BCUT2D eigenvalue weighted by molar-refractivity contribution is -0.0864. The van der Waals surface area contributed by atoms with Gasteiger partial charge in [-0.2, -0.15) is 0 Å². The zero-order valence-corrected chi connectivity index (χ0v) is 14.8. The highest BCUT2D eigenvalue weighted by Gasteiger charge is 2.40. The van der Waals surface area contributed by atoms with Gasteiger partial charge >= 0.3 is 0 Å². The van der Waals surface area contributed by atoms with E-state index in [2.05, 4.69) is 22.1 Å². The third-order valence-corrected chi connectivity index (χ3v) is 5.59. The maximum atomic E-state index is 13.1. The van der Waals surface area contributed by atoms with Crippen LogP contribution in [0.2, 0.25) is 0 Å². The molecular weight excluding hydrogens is 326 g/mol. The van der Waals surface area contributed by atoms with E-state index in [-0.39, 0.29) is 18.1 Å². The first-order chi connectivity index (χ1) is 12.8. The van der Waals surface area contributed by atoms with Crippen LogP contribution in [0.1, 0.15) is 59.5 Å². The van der Waals surface area contributed by atoms with Crippen LogP contribution in [-0.2, 0) is 4.74 Å². The van der Waals surface area contributed by atoms with Crippen LogP contribution < -0.4 is 0 Å². The normalized spacial score (nSPS) is 25.9. The molecule has 3 fully saturated rings. The van der Waals surface area contributed by atoms with Crippen molar-refractivity contribution >= 4 is 5.91 Å². The first kappa shape index (κ1) is 15.9. The number of nitrogens with zero attached hydrogens (tertiary/aromatic N) is 3. The van der Waals surface area contributed by atoms with Crippen molar-refractivity contribution in [1.29, 1.82) is 0 Å². The van der Waals surface area contributed by atoms with Crippen molar-refractivity contribution in [2.24, 2.45) is 5.92 Å². The average molecular weight is 349 g/mol. The highest BCUT2D eigenvalue weighted by Crippen LogP contribution is 2.40. The molecule has 1 saturated heterocycles. The molecule has 0 N–H and O–H groups in total. The number of benzene rings is 1. The SMILES string of the molecule is O=C(c1cnc(C2CC2)nc1)N1C[C@@H](c2ccccc2)O[C@@H](C2CC2)C1. The molecule has 134 valence electrons. The summed E-state index contributed by atoms with van der Waals surface area (Å²) >= 11 is 0. The summed E-state index contributed by atoms with van der Waals surface area (Å²) in [7, 11) is 0. The van der Waals surface area contributed by atoms with Crippen LogP contribution in [-0.4, -0.2) is 40.0 Å². The fourth-order valence-electron chi connectivity index (χ4n) is 3.72. The highest BCUT2D eigenvalue weighted by molar-refractivity contribution is 5.93. The summed E-state index contributed by atoms with van der Waals surface area (Å²) in [5, 5.41) is 0. The second-order valence-corrected chi connectivity index (χ2v) is 7.73. The van der Waals surface area contributed by atoms with Crippen LogP contribution >= 0.6 is 0 Å². The summed E-state index contributed by atoms with van der Waals surface area (Å²) in [6, 6.07) is 10.2. The number of carbonyl (C=O) groups is 1. The molecule has 2 aromatic rings. The van der Waals surface area contributed by atoms with Crippen molar-refractivity contribution in [2.45, 2.75) is 43.8 Å². The van der Waals surface area contributed by atoms with Gasteiger partial charge in [0.15, 0.2) is 0 Å². The molecule has 5 rings (SSSR count). The van der Waals surface area contributed by atoms with E-state index < -0.39 is 0 Å². The lowest BCUT2D eigenvalue weighted by Crippen LogP contribution is -2.47. The van der Waals surface area contributed by atoms with Crippen molar-refractivity contribution in [2.75, 3.05) is 13.1 Å². The number of amides is 1. The fourth-order valence-corrected chi connectivity index (χ4v) is 3.72. The van der Waals surface area contributed by atoms with Crippen molar-refractivity contribution in [3.63, 3.8) is 0 Å². The van der Waals surface area contributed by atoms with Crippen LogP contribution in [0.15, 0.2) is 42.7 Å². The number of aromatic nitrogens is 2. The van der Waals surface area contributed by atoms with Crippen LogP contribution in [0.25, 0.3) is 0 Å². The maximum Gasteiger partial charge on any atom is 0.257 e. The summed E-state index contributed by atoms with van der Waals surface area (Å²) in [4.78, 5) is 23.8. The van der Waals surface area contributed by atoms with Gasteiger partial charge in [-0.15, -0.1) is 0 Å². The topological polar surface area (TPSA) is 55.3 Å². The number of ether oxygens (including phenoxy) is 1. The molecule has 0 unspecified atom stereocenters. The summed E-state index contributed by atoms with van der Waals surface area (Å²) in [5.41, 5.74) is 1.72. The Kier molecular flexibility index (Phi) is 3.97. The molecule has 0 spiro atoms. The third-order valence-electron chi connectivity index (χ3n) is 5.59. The summed E-state index contributed by atoms with van der Waals surface area (Å²) in [6.45, 7) is 1.24. The van der Waals surface area contributed by atoms with Crippen molar-refractivity contribution in [3.8, 4) is 0 Å². The van der Waals surface area contributed by atoms with Gasteiger partial charge in [0.2, 0.25) is 0 Å². The van der Waals surface area contributed by atoms with Gasteiger partial charge in [-0.05, 0) is 37.2 Å². The lowest BCUT2D eigenvalue weighted by Gasteiger charge is -2.38. The van der Waals surface area contributed by atoms with E-state index >= 15 is 0 Å². The van der Waals surface area contributed by atoms with Crippen molar-refractivity contribution < 1.29 is 9.53 Å². The second kappa shape index (κ2) is 6.47. The molecule has 5 heteroatoms. The van der Waals surface area contributed by atoms with Gasteiger partial charge in [0.1, 0.15) is 11.9 Å². The molecule has 1 aliphatic heterocycles. The molecule has 2 saturated carbocycles. The molecule has 2 aliphatic carbocycles. The fraction of sp³-hybridized carbons (Fsp3) is 0.476. The largest absolute Gasteiger partial charge is 0.366 e. The van der Waals surface area contributed by atoms with Gasteiger partial charge in [-0.3, -0.25) is 4.79 Å². The standard InChI is InChI=1S/C21H23N3O2/c25-21(17-10-22-20(23-11-17)16-8-9-16)24-12-18(14-4-2-1-3-5-14)26-19(13-24)15-6-7-15/h1-5,10-11,15-16,18-19H,6-9,12-13H2/t18-,19+/m0/s1. The Morgan fingerprint density at radius 2 is 1.73 bits per heavy atom. The molecule has 1 aromatic carbocycles. The van der Waals surface area contributed by atoms with Gasteiger partial charge in [0.05, 0.1) is 18.2 Å². The number of rotatable bonds is 4. The molecule has 2 atom stereocenters. The van der Waals surface area contributed by atoms with E-state index in [0.29, 0.717) is 30.5 Å². The number of carbonyl (C=O) groups excluding carboxylic acids is 1. The Labute approximate surface area is 153 Å². The van der Waals surface area contributed by atoms with Gasteiger partial charge in [0, 0.05) is 24.9 Å². The quantitative estimate of drug-likeness (QED) is 0.849. The van der Waals surface area contributed by atoms with Gasteiger partial charge in [-0.25, -0.2) is 9.97 Å². The smallest absolute Gasteiger partial charge is 0.257 e. The van der Waals surface area contributed by atoms with Gasteiger partial charge < -0.3 is 9.64 Å². The Bertz CT molecular complexity index is 785. The minimum Gasteiger partial charge on any atom is -0.366 e. The third kappa shape index (κ3) is 3.23. The Balaban J connectivity index is 1.36. The molecule has 0 bridgehead atoms. The Hall–Kier alpha value is -2.27. The highest BCUT2D eigenvalue weighted by atomic mass is 16.5. The maximum absolute atomic E-state index is 13.1. The molecule has 5 nitrogen and oxygen atoms in total. The molecule has 3 aliphatic rings. The van der Waals surface area contributed by atoms with E-state index in [1.807, 2.05) is 23.1 Å². The first-order valence-electron chi connectivity index (χ1n) is 9.59. The monoisotopic (exact) mass is 349 g/mol. The number of hydrogen-bond donors (Lipinski definition) is 0. The summed E-state index contributed by atoms with van der Waals surface area (Å²) in [6.07, 6.45) is 8.19. The zero-order valence-electron chi connectivity index (χ0n) is 14.8. The molecule has 2 heterocycles. The van der Waals surface area contributed by atoms with E-state index in [4.69, 9.17) is 4.74 Å². The van der Waals surface area contributed by atoms with Crippen LogP contribution in [0.3, 0.4) is 0 Å².